The Morgan fingerprint density at radius 1 is 1.31 bits per heavy atom. The summed E-state index contributed by atoms with van der Waals surface area (Å²) in [5.74, 6) is 1.11. The number of aliphatic imine (C=N–C) groups is 1. The van der Waals surface area contributed by atoms with Crippen molar-refractivity contribution < 1.29 is 8.60 Å². The van der Waals surface area contributed by atoms with E-state index in [1.165, 1.54) is 6.07 Å². The summed E-state index contributed by atoms with van der Waals surface area (Å²) < 4.78 is 26.4. The van der Waals surface area contributed by atoms with Crippen LogP contribution in [0.4, 0.5) is 4.39 Å². The second-order valence-electron chi connectivity index (χ2n) is 6.69. The number of hydrogen-bond acceptors (Lipinski definition) is 2. The summed E-state index contributed by atoms with van der Waals surface area (Å²) >= 11 is 3.26. The van der Waals surface area contributed by atoms with Crippen molar-refractivity contribution in [1.29, 1.82) is 0 Å². The third-order valence-electron chi connectivity index (χ3n) is 3.50. The Morgan fingerprint density at radius 2 is 2.00 bits per heavy atom. The summed E-state index contributed by atoms with van der Waals surface area (Å²) in [5, 5.41) is 6.38. The van der Waals surface area contributed by atoms with Crippen LogP contribution >= 0.6 is 39.9 Å². The number of nitrogens with zero attached hydrogens (tertiary/aromatic N) is 1. The van der Waals surface area contributed by atoms with Crippen molar-refractivity contribution in [3.8, 4) is 0 Å². The smallest absolute Gasteiger partial charge is 0.191 e. The van der Waals surface area contributed by atoms with Crippen LogP contribution in [0.3, 0.4) is 0 Å². The highest BCUT2D eigenvalue weighted by Crippen LogP contribution is 2.16. The second-order valence-corrected chi connectivity index (χ2v) is 9.93. The summed E-state index contributed by atoms with van der Waals surface area (Å²) in [4.78, 5) is 4.50. The van der Waals surface area contributed by atoms with Gasteiger partial charge in [-0.2, -0.15) is 0 Å². The van der Waals surface area contributed by atoms with Crippen molar-refractivity contribution >= 4 is 56.7 Å². The molecule has 0 bridgehead atoms. The van der Waals surface area contributed by atoms with Gasteiger partial charge in [-0.25, -0.2) is 4.39 Å². The molecule has 0 saturated heterocycles. The maximum atomic E-state index is 13.8. The third kappa shape index (κ3) is 10.2. The minimum Gasteiger partial charge on any atom is -0.357 e. The summed E-state index contributed by atoms with van der Waals surface area (Å²) in [7, 11) is -0.885. The number of rotatable bonds is 8. The van der Waals surface area contributed by atoms with E-state index >= 15 is 0 Å². The molecule has 4 nitrogen and oxygen atoms in total. The predicted molar refractivity (Wildman–Crippen MR) is 125 cm³/mol. The molecule has 0 aromatic heterocycles. The fraction of sp³-hybridized carbons (Fsp3) is 0.611. The number of hydrogen-bond donors (Lipinski definition) is 2. The Morgan fingerprint density at radius 3 is 2.58 bits per heavy atom. The van der Waals surface area contributed by atoms with E-state index in [1.54, 1.807) is 6.07 Å². The lowest BCUT2D eigenvalue weighted by molar-refractivity contribution is 0.604. The van der Waals surface area contributed by atoms with Gasteiger partial charge in [0, 0.05) is 45.4 Å². The van der Waals surface area contributed by atoms with Gasteiger partial charge >= 0.3 is 0 Å². The van der Waals surface area contributed by atoms with E-state index in [9.17, 15) is 8.60 Å². The van der Waals surface area contributed by atoms with Crippen LogP contribution in [-0.4, -0.2) is 40.3 Å². The minimum atomic E-state index is -0.885. The summed E-state index contributed by atoms with van der Waals surface area (Å²) in [6.07, 6.45) is 1.42. The SMILES string of the molecule is CCNC(=NCCCc1ccc(Br)cc1F)NCCS(=O)C(C)(C)C.I. The summed E-state index contributed by atoms with van der Waals surface area (Å²) in [6.45, 7) is 9.90. The van der Waals surface area contributed by atoms with Crippen molar-refractivity contribution in [1.82, 2.24) is 10.6 Å². The van der Waals surface area contributed by atoms with Crippen molar-refractivity contribution in [3.63, 3.8) is 0 Å². The molecule has 2 N–H and O–H groups in total. The molecule has 0 amide bonds. The van der Waals surface area contributed by atoms with Crippen LogP contribution < -0.4 is 10.6 Å². The zero-order valence-electron chi connectivity index (χ0n) is 15.9. The quantitative estimate of drug-likeness (QED) is 0.216. The van der Waals surface area contributed by atoms with Gasteiger partial charge in [-0.05, 0) is 58.2 Å². The second kappa shape index (κ2) is 13.0. The van der Waals surface area contributed by atoms with Gasteiger partial charge in [-0.15, -0.1) is 24.0 Å². The first-order chi connectivity index (χ1) is 11.7. The minimum absolute atomic E-state index is 0. The van der Waals surface area contributed by atoms with E-state index in [-0.39, 0.29) is 34.5 Å². The van der Waals surface area contributed by atoms with Crippen LogP contribution in [0.5, 0.6) is 0 Å². The highest BCUT2D eigenvalue weighted by atomic mass is 127. The first-order valence-corrected chi connectivity index (χ1v) is 10.7. The van der Waals surface area contributed by atoms with Gasteiger partial charge < -0.3 is 10.6 Å². The number of aryl methyl sites for hydroxylation is 1. The predicted octanol–water partition coefficient (Wildman–Crippen LogP) is 4.24. The molecular formula is C18H30BrFIN3OS. The number of nitrogens with one attached hydrogen (secondary N) is 2. The molecule has 8 heteroatoms. The molecule has 0 heterocycles. The van der Waals surface area contributed by atoms with Gasteiger partial charge in [-0.3, -0.25) is 9.20 Å². The van der Waals surface area contributed by atoms with Crippen LogP contribution in [-0.2, 0) is 17.2 Å². The molecular weight excluding hydrogens is 532 g/mol. The molecule has 1 aromatic rings. The molecule has 1 atom stereocenters. The van der Waals surface area contributed by atoms with Gasteiger partial charge in [0.1, 0.15) is 5.82 Å². The van der Waals surface area contributed by atoms with Crippen LogP contribution in [0.2, 0.25) is 0 Å². The Labute approximate surface area is 184 Å². The molecule has 150 valence electrons. The highest BCUT2D eigenvalue weighted by molar-refractivity contribution is 14.0. The maximum Gasteiger partial charge on any atom is 0.191 e. The maximum absolute atomic E-state index is 13.8. The van der Waals surface area contributed by atoms with E-state index < -0.39 is 10.8 Å². The number of halogens is 3. The van der Waals surface area contributed by atoms with Crippen LogP contribution in [0, 0.1) is 5.82 Å². The van der Waals surface area contributed by atoms with Gasteiger partial charge in [0.05, 0.1) is 0 Å². The highest BCUT2D eigenvalue weighted by Gasteiger charge is 2.18. The van der Waals surface area contributed by atoms with Gasteiger partial charge in [0.15, 0.2) is 5.96 Å². The van der Waals surface area contributed by atoms with Crippen molar-refractivity contribution in [3.05, 3.63) is 34.1 Å². The lowest BCUT2D eigenvalue weighted by Crippen LogP contribution is -2.40. The van der Waals surface area contributed by atoms with Crippen molar-refractivity contribution in [2.24, 2.45) is 4.99 Å². The molecule has 0 saturated carbocycles. The van der Waals surface area contributed by atoms with Gasteiger partial charge in [-0.1, -0.05) is 22.0 Å². The Kier molecular flexibility index (Phi) is 12.9. The topological polar surface area (TPSA) is 53.5 Å². The molecule has 26 heavy (non-hydrogen) atoms. The fourth-order valence-electron chi connectivity index (χ4n) is 2.09. The number of benzene rings is 1. The molecule has 0 fully saturated rings. The molecule has 1 unspecified atom stereocenters. The lowest BCUT2D eigenvalue weighted by atomic mass is 10.1. The first-order valence-electron chi connectivity index (χ1n) is 8.58. The van der Waals surface area contributed by atoms with Crippen LogP contribution in [0.15, 0.2) is 27.7 Å². The van der Waals surface area contributed by atoms with E-state index in [2.05, 4.69) is 31.6 Å². The molecule has 1 aromatic carbocycles. The molecule has 0 aliphatic rings. The van der Waals surface area contributed by atoms with E-state index in [1.807, 2.05) is 33.8 Å². The average molecular weight is 562 g/mol. The summed E-state index contributed by atoms with van der Waals surface area (Å²) in [5.41, 5.74) is 0.705. The zero-order valence-corrected chi connectivity index (χ0v) is 20.6. The third-order valence-corrected chi connectivity index (χ3v) is 5.93. The Bertz CT molecular complexity index is 609. The molecule has 0 aliphatic carbocycles. The Hall–Kier alpha value is -0.220. The molecule has 0 spiro atoms. The van der Waals surface area contributed by atoms with Crippen molar-refractivity contribution in [2.45, 2.75) is 45.3 Å². The number of guanidine groups is 1. The molecule has 0 aliphatic heterocycles. The van der Waals surface area contributed by atoms with Gasteiger partial charge in [0.2, 0.25) is 0 Å². The molecule has 1 rings (SSSR count). The van der Waals surface area contributed by atoms with E-state index in [0.29, 0.717) is 36.8 Å². The first kappa shape index (κ1) is 25.8. The Balaban J connectivity index is 0.00000625. The standard InChI is InChI=1S/C18H29BrFN3OS.HI/c1-5-21-17(23-11-12-25(24)18(2,3)4)22-10-6-7-14-8-9-15(19)13-16(14)20;/h8-9,13H,5-7,10-12H2,1-4H3,(H2,21,22,23);1H. The van der Waals surface area contributed by atoms with Crippen LogP contribution in [0.1, 0.15) is 39.7 Å². The zero-order chi connectivity index (χ0) is 18.9. The lowest BCUT2D eigenvalue weighted by Gasteiger charge is -2.18. The van der Waals surface area contributed by atoms with E-state index in [0.717, 1.165) is 17.4 Å². The average Bonchev–Trinajstić information content (AvgIpc) is 2.52. The summed E-state index contributed by atoms with van der Waals surface area (Å²) in [6, 6.07) is 5.14. The monoisotopic (exact) mass is 561 g/mol. The van der Waals surface area contributed by atoms with E-state index in [4.69, 9.17) is 0 Å². The van der Waals surface area contributed by atoms with Crippen LogP contribution in [0.25, 0.3) is 0 Å². The molecule has 0 radical (unpaired) electrons. The normalized spacial score (nSPS) is 13.1. The van der Waals surface area contributed by atoms with Gasteiger partial charge in [0.25, 0.3) is 0 Å². The van der Waals surface area contributed by atoms with Crippen molar-refractivity contribution in [2.75, 3.05) is 25.4 Å². The largest absolute Gasteiger partial charge is 0.357 e. The fourth-order valence-corrected chi connectivity index (χ4v) is 3.33.